The van der Waals surface area contributed by atoms with Crippen molar-refractivity contribution in [3.8, 4) is 11.5 Å². The third kappa shape index (κ3) is 5.79. The first kappa shape index (κ1) is 18.7. The molecule has 2 rings (SSSR count). The minimum atomic E-state index is -0.495. The Morgan fingerprint density at radius 3 is 2.65 bits per heavy atom. The number of para-hydroxylation sites is 1. The van der Waals surface area contributed by atoms with Gasteiger partial charge >= 0.3 is 0 Å². The van der Waals surface area contributed by atoms with Gasteiger partial charge in [0.2, 0.25) is 5.91 Å². The fraction of sp³-hybridized carbons (Fsp3) is 0.105. The van der Waals surface area contributed by atoms with Gasteiger partial charge in [-0.15, -0.1) is 0 Å². The standard InChI is InChI=1S/C19H19N3O4/c1-26-16-9-5-8-15(19(16)25)12-21-22-18(24)13-20-17(23)11-10-14-6-3-2-4-7-14/h2-12,25H,13H2,1H3,(H,20,23)(H,22,24)/b11-10-,21-12?. The zero-order valence-electron chi connectivity index (χ0n) is 14.2. The van der Waals surface area contributed by atoms with Crippen molar-refractivity contribution >= 4 is 24.1 Å². The van der Waals surface area contributed by atoms with Gasteiger partial charge in [-0.05, 0) is 23.8 Å². The second-order valence-corrected chi connectivity index (χ2v) is 5.15. The fourth-order valence-electron chi connectivity index (χ4n) is 1.98. The molecule has 0 aliphatic heterocycles. The molecule has 7 nitrogen and oxygen atoms in total. The number of phenolic OH excluding ortho intramolecular Hbond substituents is 1. The Balaban J connectivity index is 1.78. The molecule has 0 heterocycles. The minimum absolute atomic E-state index is 0.0765. The second-order valence-electron chi connectivity index (χ2n) is 5.15. The Morgan fingerprint density at radius 1 is 1.15 bits per heavy atom. The summed E-state index contributed by atoms with van der Waals surface area (Å²) in [6.07, 6.45) is 4.28. The number of ether oxygens (including phenoxy) is 1. The molecule has 3 N–H and O–H groups in total. The summed E-state index contributed by atoms with van der Waals surface area (Å²) in [5, 5.41) is 16.1. The van der Waals surface area contributed by atoms with Crippen molar-refractivity contribution in [2.75, 3.05) is 13.7 Å². The summed E-state index contributed by atoms with van der Waals surface area (Å²) in [5.41, 5.74) is 3.54. The molecule has 0 unspecified atom stereocenters. The predicted octanol–water partition coefficient (Wildman–Crippen LogP) is 1.68. The highest BCUT2D eigenvalue weighted by Crippen LogP contribution is 2.27. The maximum Gasteiger partial charge on any atom is 0.259 e. The van der Waals surface area contributed by atoms with Gasteiger partial charge in [0, 0.05) is 11.6 Å². The van der Waals surface area contributed by atoms with Crippen molar-refractivity contribution in [1.29, 1.82) is 0 Å². The van der Waals surface area contributed by atoms with Gasteiger partial charge < -0.3 is 15.2 Å². The number of hydrogen-bond donors (Lipinski definition) is 3. The van der Waals surface area contributed by atoms with Crippen molar-refractivity contribution in [3.63, 3.8) is 0 Å². The number of hydrazone groups is 1. The van der Waals surface area contributed by atoms with Gasteiger partial charge in [0.15, 0.2) is 11.5 Å². The molecule has 0 saturated heterocycles. The molecule has 7 heteroatoms. The van der Waals surface area contributed by atoms with Gasteiger partial charge in [-0.1, -0.05) is 36.4 Å². The van der Waals surface area contributed by atoms with Crippen molar-refractivity contribution in [2.24, 2.45) is 5.10 Å². The van der Waals surface area contributed by atoms with Gasteiger partial charge in [-0.3, -0.25) is 9.59 Å². The number of hydrogen-bond acceptors (Lipinski definition) is 5. The molecule has 2 amide bonds. The average molecular weight is 353 g/mol. The van der Waals surface area contributed by atoms with E-state index in [0.29, 0.717) is 11.3 Å². The van der Waals surface area contributed by atoms with E-state index in [2.05, 4.69) is 15.8 Å². The van der Waals surface area contributed by atoms with E-state index in [0.717, 1.165) is 5.56 Å². The van der Waals surface area contributed by atoms with Crippen LogP contribution in [0.5, 0.6) is 11.5 Å². The SMILES string of the molecule is COc1cccc(C=NNC(=O)CNC(=O)/C=C\c2ccccc2)c1O. The van der Waals surface area contributed by atoms with Crippen LogP contribution in [0.25, 0.3) is 6.08 Å². The summed E-state index contributed by atoms with van der Waals surface area (Å²) < 4.78 is 4.98. The van der Waals surface area contributed by atoms with Crippen LogP contribution in [-0.2, 0) is 9.59 Å². The topological polar surface area (TPSA) is 100 Å². The second kappa shape index (κ2) is 9.63. The molecule has 0 atom stereocenters. The number of methoxy groups -OCH3 is 1. The number of aromatic hydroxyl groups is 1. The normalized spacial score (nSPS) is 10.8. The Bertz CT molecular complexity index is 817. The van der Waals surface area contributed by atoms with Gasteiger partial charge in [-0.2, -0.15) is 5.10 Å². The molecule has 0 radical (unpaired) electrons. The van der Waals surface area contributed by atoms with Gasteiger partial charge in [-0.25, -0.2) is 5.43 Å². The van der Waals surface area contributed by atoms with Crippen LogP contribution in [0.15, 0.2) is 59.7 Å². The molecule has 0 aromatic heterocycles. The summed E-state index contributed by atoms with van der Waals surface area (Å²) >= 11 is 0. The predicted molar refractivity (Wildman–Crippen MR) is 98.9 cm³/mol. The van der Waals surface area contributed by atoms with E-state index >= 15 is 0 Å². The number of nitrogens with one attached hydrogen (secondary N) is 2. The third-order valence-electron chi connectivity index (χ3n) is 3.29. The van der Waals surface area contributed by atoms with Crippen LogP contribution in [-0.4, -0.2) is 36.8 Å². The summed E-state index contributed by atoms with van der Waals surface area (Å²) in [7, 11) is 1.44. The number of nitrogens with zero attached hydrogens (tertiary/aromatic N) is 1. The number of carbonyl (C=O) groups excluding carboxylic acids is 2. The highest BCUT2D eigenvalue weighted by Gasteiger charge is 2.05. The van der Waals surface area contributed by atoms with E-state index < -0.39 is 11.8 Å². The fourth-order valence-corrected chi connectivity index (χ4v) is 1.98. The highest BCUT2D eigenvalue weighted by atomic mass is 16.5. The zero-order chi connectivity index (χ0) is 18.8. The summed E-state index contributed by atoms with van der Waals surface area (Å²) in [6, 6.07) is 14.2. The Labute approximate surface area is 151 Å². The van der Waals surface area contributed by atoms with E-state index in [1.54, 1.807) is 24.3 Å². The van der Waals surface area contributed by atoms with Crippen LogP contribution in [0.4, 0.5) is 0 Å². The molecule has 0 saturated carbocycles. The van der Waals surface area contributed by atoms with E-state index in [1.807, 2.05) is 30.3 Å². The lowest BCUT2D eigenvalue weighted by atomic mass is 10.2. The minimum Gasteiger partial charge on any atom is -0.504 e. The summed E-state index contributed by atoms with van der Waals surface area (Å²) in [4.78, 5) is 23.3. The van der Waals surface area contributed by atoms with Gasteiger partial charge in [0.05, 0.1) is 19.9 Å². The lowest BCUT2D eigenvalue weighted by Crippen LogP contribution is -2.34. The zero-order valence-corrected chi connectivity index (χ0v) is 14.2. The van der Waals surface area contributed by atoms with Crippen LogP contribution in [0, 0.1) is 0 Å². The van der Waals surface area contributed by atoms with Crippen LogP contribution in [0.3, 0.4) is 0 Å². The highest BCUT2D eigenvalue weighted by molar-refractivity contribution is 5.94. The van der Waals surface area contributed by atoms with Crippen molar-refractivity contribution in [3.05, 3.63) is 65.7 Å². The summed E-state index contributed by atoms with van der Waals surface area (Å²) in [6.45, 7) is -0.223. The van der Waals surface area contributed by atoms with Gasteiger partial charge in [0.25, 0.3) is 5.91 Å². The molecule has 134 valence electrons. The smallest absolute Gasteiger partial charge is 0.259 e. The molecule has 0 bridgehead atoms. The van der Waals surface area contributed by atoms with Crippen molar-refractivity contribution < 1.29 is 19.4 Å². The van der Waals surface area contributed by atoms with E-state index in [9.17, 15) is 14.7 Å². The quantitative estimate of drug-likeness (QED) is 0.400. The van der Waals surface area contributed by atoms with Crippen molar-refractivity contribution in [2.45, 2.75) is 0 Å². The maximum atomic E-state index is 11.7. The maximum absolute atomic E-state index is 11.7. The average Bonchev–Trinajstić information content (AvgIpc) is 2.67. The first-order valence-electron chi connectivity index (χ1n) is 7.79. The molecule has 26 heavy (non-hydrogen) atoms. The molecular weight excluding hydrogens is 334 g/mol. The molecule has 0 spiro atoms. The molecule has 2 aromatic carbocycles. The van der Waals surface area contributed by atoms with Crippen molar-refractivity contribution in [1.82, 2.24) is 10.7 Å². The Morgan fingerprint density at radius 2 is 1.92 bits per heavy atom. The number of phenols is 1. The lowest BCUT2D eigenvalue weighted by Gasteiger charge is -2.05. The number of amides is 2. The lowest BCUT2D eigenvalue weighted by molar-refractivity contribution is -0.123. The number of carbonyl (C=O) groups is 2. The van der Waals surface area contributed by atoms with E-state index in [-0.39, 0.29) is 12.3 Å². The first-order valence-corrected chi connectivity index (χ1v) is 7.79. The first-order chi connectivity index (χ1) is 12.6. The Kier molecular flexibility index (Phi) is 6.93. The number of benzene rings is 2. The molecule has 0 aliphatic carbocycles. The number of rotatable bonds is 7. The van der Waals surface area contributed by atoms with Crippen LogP contribution in [0.1, 0.15) is 11.1 Å². The third-order valence-corrected chi connectivity index (χ3v) is 3.29. The molecule has 0 fully saturated rings. The largest absolute Gasteiger partial charge is 0.504 e. The van der Waals surface area contributed by atoms with E-state index in [1.165, 1.54) is 19.4 Å². The molecular formula is C19H19N3O4. The van der Waals surface area contributed by atoms with Gasteiger partial charge in [0.1, 0.15) is 0 Å². The van der Waals surface area contributed by atoms with E-state index in [4.69, 9.17) is 4.74 Å². The molecule has 0 aliphatic rings. The van der Waals surface area contributed by atoms with Crippen LogP contribution < -0.4 is 15.5 Å². The van der Waals surface area contributed by atoms with Crippen LogP contribution >= 0.6 is 0 Å². The monoisotopic (exact) mass is 353 g/mol. The summed E-state index contributed by atoms with van der Waals surface area (Å²) in [5.74, 6) is -0.659. The Hall–Kier alpha value is -3.61. The van der Waals surface area contributed by atoms with Crippen LogP contribution in [0.2, 0.25) is 0 Å². The molecule has 2 aromatic rings.